The van der Waals surface area contributed by atoms with E-state index in [1.165, 1.54) is 32.1 Å². The van der Waals surface area contributed by atoms with E-state index in [0.717, 1.165) is 12.5 Å². The van der Waals surface area contributed by atoms with E-state index >= 15 is 0 Å². The Bertz CT molecular complexity index is 164. The third-order valence-electron chi connectivity index (χ3n) is 2.86. The molecule has 0 saturated heterocycles. The van der Waals surface area contributed by atoms with Gasteiger partial charge < -0.3 is 11.1 Å². The molecule has 1 amide bonds. The van der Waals surface area contributed by atoms with Crippen LogP contribution >= 0.6 is 0 Å². The van der Waals surface area contributed by atoms with Gasteiger partial charge in [0.15, 0.2) is 0 Å². The number of carbonyl (C=O) groups is 1. The van der Waals surface area contributed by atoms with E-state index in [1.54, 1.807) is 0 Å². The Morgan fingerprint density at radius 3 is 2.62 bits per heavy atom. The molecule has 0 radical (unpaired) electrons. The van der Waals surface area contributed by atoms with Crippen LogP contribution in [0.3, 0.4) is 0 Å². The zero-order valence-electron chi connectivity index (χ0n) is 8.38. The zero-order valence-corrected chi connectivity index (χ0v) is 8.38. The van der Waals surface area contributed by atoms with Crippen molar-refractivity contribution in [1.29, 1.82) is 0 Å². The van der Waals surface area contributed by atoms with Crippen LogP contribution in [0, 0.1) is 5.92 Å². The van der Waals surface area contributed by atoms with Crippen LogP contribution in [-0.2, 0) is 4.79 Å². The van der Waals surface area contributed by atoms with E-state index in [2.05, 4.69) is 5.32 Å². The lowest BCUT2D eigenvalue weighted by Crippen LogP contribution is -2.41. The van der Waals surface area contributed by atoms with Gasteiger partial charge in [-0.2, -0.15) is 0 Å². The van der Waals surface area contributed by atoms with Crippen molar-refractivity contribution in [2.24, 2.45) is 11.7 Å². The van der Waals surface area contributed by atoms with Gasteiger partial charge in [-0.05, 0) is 32.2 Å². The standard InChI is InChI=1S/C10H20N2O/c1-8(10(11)13)12-7-9-5-3-2-4-6-9/h8-9,12H,2-7H2,1H3,(H2,11,13). The maximum atomic E-state index is 10.7. The molecule has 1 fully saturated rings. The topological polar surface area (TPSA) is 55.1 Å². The van der Waals surface area contributed by atoms with E-state index in [9.17, 15) is 4.79 Å². The van der Waals surface area contributed by atoms with Crippen molar-refractivity contribution in [1.82, 2.24) is 5.32 Å². The molecule has 0 aliphatic heterocycles. The Kier molecular flexibility index (Phi) is 4.22. The van der Waals surface area contributed by atoms with Crippen molar-refractivity contribution in [3.63, 3.8) is 0 Å². The molecule has 1 rings (SSSR count). The van der Waals surface area contributed by atoms with Crippen LogP contribution in [-0.4, -0.2) is 18.5 Å². The summed E-state index contributed by atoms with van der Waals surface area (Å²) in [5, 5.41) is 3.18. The lowest BCUT2D eigenvalue weighted by Gasteiger charge is -2.23. The molecule has 0 aromatic carbocycles. The first-order valence-electron chi connectivity index (χ1n) is 5.23. The minimum absolute atomic E-state index is 0.179. The summed E-state index contributed by atoms with van der Waals surface area (Å²) in [6, 6.07) is -0.179. The van der Waals surface area contributed by atoms with Crippen LogP contribution < -0.4 is 11.1 Å². The molecule has 0 spiro atoms. The minimum Gasteiger partial charge on any atom is -0.368 e. The number of rotatable bonds is 4. The van der Waals surface area contributed by atoms with E-state index in [-0.39, 0.29) is 11.9 Å². The molecule has 0 bridgehead atoms. The highest BCUT2D eigenvalue weighted by Gasteiger charge is 2.15. The lowest BCUT2D eigenvalue weighted by molar-refractivity contribution is -0.119. The highest BCUT2D eigenvalue weighted by Crippen LogP contribution is 2.22. The monoisotopic (exact) mass is 184 g/mol. The third kappa shape index (κ3) is 3.77. The third-order valence-corrected chi connectivity index (χ3v) is 2.86. The second-order valence-electron chi connectivity index (χ2n) is 4.04. The van der Waals surface area contributed by atoms with Crippen LogP contribution in [0.4, 0.5) is 0 Å². The summed E-state index contributed by atoms with van der Waals surface area (Å²) in [5.74, 6) is 0.506. The highest BCUT2D eigenvalue weighted by molar-refractivity contribution is 5.79. The molecule has 3 N–H and O–H groups in total. The minimum atomic E-state index is -0.254. The van der Waals surface area contributed by atoms with Crippen molar-refractivity contribution in [2.75, 3.05) is 6.54 Å². The fraction of sp³-hybridized carbons (Fsp3) is 0.900. The Morgan fingerprint density at radius 1 is 1.46 bits per heavy atom. The summed E-state index contributed by atoms with van der Waals surface area (Å²) in [6.45, 7) is 2.77. The Labute approximate surface area is 80.1 Å². The van der Waals surface area contributed by atoms with E-state index < -0.39 is 0 Å². The van der Waals surface area contributed by atoms with E-state index in [1.807, 2.05) is 6.92 Å². The molecule has 1 aliphatic carbocycles. The number of hydrogen-bond donors (Lipinski definition) is 2. The van der Waals surface area contributed by atoms with Crippen molar-refractivity contribution < 1.29 is 4.79 Å². The largest absolute Gasteiger partial charge is 0.368 e. The molecule has 76 valence electrons. The number of hydrogen-bond acceptors (Lipinski definition) is 2. The number of primary amides is 1. The SMILES string of the molecule is CC(NCC1CCCCC1)C(N)=O. The van der Waals surface area contributed by atoms with Gasteiger partial charge in [-0.15, -0.1) is 0 Å². The molecule has 0 aromatic rings. The summed E-state index contributed by atoms with van der Waals surface area (Å²) >= 11 is 0. The van der Waals surface area contributed by atoms with Crippen molar-refractivity contribution in [3.8, 4) is 0 Å². The summed E-state index contributed by atoms with van der Waals surface area (Å²) in [7, 11) is 0. The van der Waals surface area contributed by atoms with Gasteiger partial charge in [0.2, 0.25) is 5.91 Å². The number of carbonyl (C=O) groups excluding carboxylic acids is 1. The van der Waals surface area contributed by atoms with Gasteiger partial charge in [0, 0.05) is 0 Å². The Hall–Kier alpha value is -0.570. The summed E-state index contributed by atoms with van der Waals surface area (Å²) in [5.41, 5.74) is 5.15. The average Bonchev–Trinajstić information content (AvgIpc) is 2.15. The lowest BCUT2D eigenvalue weighted by atomic mass is 9.89. The molecule has 0 heterocycles. The highest BCUT2D eigenvalue weighted by atomic mass is 16.1. The quantitative estimate of drug-likeness (QED) is 0.685. The molecule has 3 nitrogen and oxygen atoms in total. The molecule has 1 saturated carbocycles. The zero-order chi connectivity index (χ0) is 9.68. The molecular weight excluding hydrogens is 164 g/mol. The van der Waals surface area contributed by atoms with Gasteiger partial charge in [-0.25, -0.2) is 0 Å². The predicted octanol–water partition coefficient (Wildman–Crippen LogP) is 1.03. The number of nitrogens with two attached hydrogens (primary N) is 1. The second kappa shape index (κ2) is 5.22. The van der Waals surface area contributed by atoms with Crippen molar-refractivity contribution in [2.45, 2.75) is 45.1 Å². The number of amides is 1. The van der Waals surface area contributed by atoms with E-state index in [0.29, 0.717) is 0 Å². The van der Waals surface area contributed by atoms with Crippen molar-refractivity contribution >= 4 is 5.91 Å². The summed E-state index contributed by atoms with van der Waals surface area (Å²) in [6.07, 6.45) is 6.67. The van der Waals surface area contributed by atoms with Gasteiger partial charge in [0.05, 0.1) is 6.04 Å². The van der Waals surface area contributed by atoms with Gasteiger partial charge in [0.25, 0.3) is 0 Å². The maximum Gasteiger partial charge on any atom is 0.234 e. The van der Waals surface area contributed by atoms with Crippen LogP contribution in [0.1, 0.15) is 39.0 Å². The van der Waals surface area contributed by atoms with Gasteiger partial charge >= 0.3 is 0 Å². The van der Waals surface area contributed by atoms with Gasteiger partial charge in [-0.3, -0.25) is 4.79 Å². The molecule has 1 aliphatic rings. The summed E-state index contributed by atoms with van der Waals surface area (Å²) in [4.78, 5) is 10.7. The maximum absolute atomic E-state index is 10.7. The first-order valence-corrected chi connectivity index (χ1v) is 5.23. The number of nitrogens with one attached hydrogen (secondary N) is 1. The Balaban J connectivity index is 2.13. The Morgan fingerprint density at radius 2 is 2.08 bits per heavy atom. The summed E-state index contributed by atoms with van der Waals surface area (Å²) < 4.78 is 0. The van der Waals surface area contributed by atoms with Crippen LogP contribution in [0.2, 0.25) is 0 Å². The first kappa shape index (κ1) is 10.5. The molecular formula is C10H20N2O. The fourth-order valence-electron chi connectivity index (χ4n) is 1.84. The fourth-order valence-corrected chi connectivity index (χ4v) is 1.84. The van der Waals surface area contributed by atoms with E-state index in [4.69, 9.17) is 5.73 Å². The van der Waals surface area contributed by atoms with Crippen LogP contribution in [0.15, 0.2) is 0 Å². The molecule has 0 aromatic heterocycles. The smallest absolute Gasteiger partial charge is 0.234 e. The second-order valence-corrected chi connectivity index (χ2v) is 4.04. The molecule has 1 atom stereocenters. The van der Waals surface area contributed by atoms with Gasteiger partial charge in [0.1, 0.15) is 0 Å². The normalized spacial score (nSPS) is 21.3. The van der Waals surface area contributed by atoms with Gasteiger partial charge in [-0.1, -0.05) is 19.3 Å². The molecule has 1 unspecified atom stereocenters. The van der Waals surface area contributed by atoms with Crippen LogP contribution in [0.5, 0.6) is 0 Å². The molecule has 13 heavy (non-hydrogen) atoms. The van der Waals surface area contributed by atoms with Crippen molar-refractivity contribution in [3.05, 3.63) is 0 Å². The molecule has 3 heteroatoms. The predicted molar refractivity (Wildman–Crippen MR) is 53.2 cm³/mol. The average molecular weight is 184 g/mol. The first-order chi connectivity index (χ1) is 6.20. The van der Waals surface area contributed by atoms with Crippen LogP contribution in [0.25, 0.3) is 0 Å².